The molecule has 0 amide bonds. The van der Waals surface area contributed by atoms with Crippen molar-refractivity contribution in [3.63, 3.8) is 0 Å². The topological polar surface area (TPSA) is 59.1 Å². The first-order chi connectivity index (χ1) is 10.1. The van der Waals surface area contributed by atoms with Crippen LogP contribution in [-0.4, -0.2) is 19.7 Å². The number of aryl methyl sites for hydroxylation is 1. The Labute approximate surface area is 136 Å². The smallest absolute Gasteiger partial charge is 0.175 e. The van der Waals surface area contributed by atoms with Crippen LogP contribution in [0.2, 0.25) is 0 Å². The molecule has 22 heavy (non-hydrogen) atoms. The van der Waals surface area contributed by atoms with Gasteiger partial charge in [0.15, 0.2) is 9.84 Å². The van der Waals surface area contributed by atoms with Crippen molar-refractivity contribution in [2.75, 3.05) is 6.26 Å². The summed E-state index contributed by atoms with van der Waals surface area (Å²) in [7, 11) is -3.15. The highest BCUT2D eigenvalue weighted by atomic mass is 32.2. The molecule has 0 aliphatic heterocycles. The van der Waals surface area contributed by atoms with E-state index in [0.717, 1.165) is 10.6 Å². The molecule has 0 spiro atoms. The second-order valence-electron chi connectivity index (χ2n) is 6.11. The lowest BCUT2D eigenvalue weighted by Gasteiger charge is -2.28. The number of hydrogen-bond donors (Lipinski definition) is 1. The van der Waals surface area contributed by atoms with Gasteiger partial charge in [0.2, 0.25) is 0 Å². The molecule has 2 aromatic rings. The second-order valence-corrected chi connectivity index (χ2v) is 9.36. The highest BCUT2D eigenvalue weighted by molar-refractivity contribution is 7.90. The highest BCUT2D eigenvalue weighted by Crippen LogP contribution is 2.28. The number of nitrogens with one attached hydrogen (secondary N) is 1. The summed E-state index contributed by atoms with van der Waals surface area (Å²) in [5.74, 6) is 0. The predicted octanol–water partition coefficient (Wildman–Crippen LogP) is 3.44. The van der Waals surface area contributed by atoms with Crippen LogP contribution in [-0.2, 0) is 15.4 Å². The van der Waals surface area contributed by atoms with Crippen molar-refractivity contribution in [1.82, 2.24) is 10.3 Å². The molecule has 0 saturated heterocycles. The maximum absolute atomic E-state index is 11.5. The van der Waals surface area contributed by atoms with Gasteiger partial charge in [-0.1, -0.05) is 12.1 Å². The number of thiazole rings is 1. The summed E-state index contributed by atoms with van der Waals surface area (Å²) < 4.78 is 23.0. The third-order valence-electron chi connectivity index (χ3n) is 3.54. The van der Waals surface area contributed by atoms with Crippen LogP contribution in [0.1, 0.15) is 42.3 Å². The summed E-state index contributed by atoms with van der Waals surface area (Å²) in [6.45, 7) is 8.32. The molecular weight excluding hydrogens is 316 g/mol. The molecular formula is C16H22N2O2S2. The Morgan fingerprint density at radius 3 is 2.27 bits per heavy atom. The Morgan fingerprint density at radius 1 is 1.23 bits per heavy atom. The molecule has 2 rings (SSSR count). The molecule has 0 unspecified atom stereocenters. The molecule has 1 heterocycles. The van der Waals surface area contributed by atoms with E-state index >= 15 is 0 Å². The molecule has 120 valence electrons. The highest BCUT2D eigenvalue weighted by Gasteiger charge is 2.26. The third-order valence-corrected chi connectivity index (χ3v) is 5.91. The van der Waals surface area contributed by atoms with E-state index in [4.69, 9.17) is 0 Å². The Hall–Kier alpha value is -1.24. The SMILES string of the molecule is Cc1cnc(C(C)(C)N[C@H](C)c2ccc(S(C)(=O)=O)cc2)s1. The molecule has 0 saturated carbocycles. The number of sulfone groups is 1. The van der Waals surface area contributed by atoms with Crippen molar-refractivity contribution in [3.8, 4) is 0 Å². The maximum Gasteiger partial charge on any atom is 0.175 e. The number of nitrogens with zero attached hydrogens (tertiary/aromatic N) is 1. The average molecular weight is 338 g/mol. The molecule has 1 N–H and O–H groups in total. The number of benzene rings is 1. The molecule has 1 aromatic carbocycles. The first-order valence-corrected chi connectivity index (χ1v) is 9.81. The van der Waals surface area contributed by atoms with Crippen molar-refractivity contribution in [2.45, 2.75) is 44.2 Å². The van der Waals surface area contributed by atoms with Gasteiger partial charge in [-0.2, -0.15) is 0 Å². The van der Waals surface area contributed by atoms with E-state index in [1.54, 1.807) is 23.5 Å². The predicted molar refractivity (Wildman–Crippen MR) is 91.0 cm³/mol. The van der Waals surface area contributed by atoms with Crippen LogP contribution >= 0.6 is 11.3 Å². The molecule has 1 aromatic heterocycles. The minimum Gasteiger partial charge on any atom is -0.299 e. The molecule has 6 heteroatoms. The summed E-state index contributed by atoms with van der Waals surface area (Å²) in [6.07, 6.45) is 3.10. The Morgan fingerprint density at radius 2 is 1.82 bits per heavy atom. The van der Waals surface area contributed by atoms with Gasteiger partial charge in [0.25, 0.3) is 0 Å². The van der Waals surface area contributed by atoms with Gasteiger partial charge in [0.1, 0.15) is 5.01 Å². The summed E-state index contributed by atoms with van der Waals surface area (Å²) in [5.41, 5.74) is 0.808. The van der Waals surface area contributed by atoms with Crippen LogP contribution in [0.15, 0.2) is 35.4 Å². The number of hydrogen-bond acceptors (Lipinski definition) is 5. The summed E-state index contributed by atoms with van der Waals surface area (Å²) in [5, 5.41) is 4.60. The average Bonchev–Trinajstić information content (AvgIpc) is 2.85. The summed E-state index contributed by atoms with van der Waals surface area (Å²) >= 11 is 1.68. The van der Waals surface area contributed by atoms with Gasteiger partial charge in [-0.05, 0) is 45.4 Å². The first kappa shape index (κ1) is 17.1. The van der Waals surface area contributed by atoms with E-state index in [1.165, 1.54) is 11.1 Å². The number of rotatable bonds is 5. The lowest BCUT2D eigenvalue weighted by Crippen LogP contribution is -2.38. The molecule has 0 bridgehead atoms. The summed E-state index contributed by atoms with van der Waals surface area (Å²) in [4.78, 5) is 5.99. The van der Waals surface area contributed by atoms with Crippen molar-refractivity contribution < 1.29 is 8.42 Å². The largest absolute Gasteiger partial charge is 0.299 e. The van der Waals surface area contributed by atoms with E-state index in [1.807, 2.05) is 25.3 Å². The zero-order valence-corrected chi connectivity index (χ0v) is 15.2. The lowest BCUT2D eigenvalue weighted by molar-refractivity contribution is 0.356. The van der Waals surface area contributed by atoms with Crippen molar-refractivity contribution in [1.29, 1.82) is 0 Å². The lowest BCUT2D eigenvalue weighted by atomic mass is 10.0. The molecule has 4 nitrogen and oxygen atoms in total. The van der Waals surface area contributed by atoms with Gasteiger partial charge >= 0.3 is 0 Å². The Bertz CT molecular complexity index is 747. The molecule has 1 atom stereocenters. The maximum atomic E-state index is 11.5. The van der Waals surface area contributed by atoms with Crippen molar-refractivity contribution in [3.05, 3.63) is 45.9 Å². The molecule has 0 aliphatic rings. The van der Waals surface area contributed by atoms with E-state index in [0.29, 0.717) is 4.90 Å². The fraction of sp³-hybridized carbons (Fsp3) is 0.438. The van der Waals surface area contributed by atoms with Crippen LogP contribution in [0.4, 0.5) is 0 Å². The van der Waals surface area contributed by atoms with Gasteiger partial charge in [-0.15, -0.1) is 11.3 Å². The minimum absolute atomic E-state index is 0.0906. The Kier molecular flexibility index (Phi) is 4.75. The zero-order valence-electron chi connectivity index (χ0n) is 13.5. The zero-order chi connectivity index (χ0) is 16.5. The molecule has 0 aliphatic carbocycles. The fourth-order valence-corrected chi connectivity index (χ4v) is 3.79. The van der Waals surface area contributed by atoms with Gasteiger partial charge < -0.3 is 0 Å². The van der Waals surface area contributed by atoms with E-state index in [-0.39, 0.29) is 11.6 Å². The second kappa shape index (κ2) is 6.10. The monoisotopic (exact) mass is 338 g/mol. The third kappa shape index (κ3) is 3.94. The van der Waals surface area contributed by atoms with Crippen LogP contribution in [0.25, 0.3) is 0 Å². The van der Waals surface area contributed by atoms with Crippen LogP contribution < -0.4 is 5.32 Å². The van der Waals surface area contributed by atoms with Crippen LogP contribution in [0.3, 0.4) is 0 Å². The van der Waals surface area contributed by atoms with Crippen molar-refractivity contribution >= 4 is 21.2 Å². The number of aromatic nitrogens is 1. The summed E-state index contributed by atoms with van der Waals surface area (Å²) in [6, 6.07) is 7.12. The van der Waals surface area contributed by atoms with Gasteiger partial charge in [0.05, 0.1) is 10.4 Å². The van der Waals surface area contributed by atoms with Crippen LogP contribution in [0.5, 0.6) is 0 Å². The fourth-order valence-electron chi connectivity index (χ4n) is 2.33. The quantitative estimate of drug-likeness (QED) is 0.907. The van der Waals surface area contributed by atoms with E-state index in [9.17, 15) is 8.42 Å². The van der Waals surface area contributed by atoms with E-state index < -0.39 is 9.84 Å². The standard InChI is InChI=1S/C16H22N2O2S2/c1-11-10-17-15(21-11)16(3,4)18-12(2)13-6-8-14(9-7-13)22(5,19)20/h6-10,12,18H,1-5H3/t12-/m1/s1. The van der Waals surface area contributed by atoms with Gasteiger partial charge in [-0.3, -0.25) is 5.32 Å². The van der Waals surface area contributed by atoms with Gasteiger partial charge in [0, 0.05) is 23.4 Å². The van der Waals surface area contributed by atoms with Gasteiger partial charge in [-0.25, -0.2) is 13.4 Å². The Balaban J connectivity index is 2.16. The molecule has 0 fully saturated rings. The normalized spacial score (nSPS) is 14.0. The minimum atomic E-state index is -3.15. The first-order valence-electron chi connectivity index (χ1n) is 7.10. The van der Waals surface area contributed by atoms with Crippen molar-refractivity contribution in [2.24, 2.45) is 0 Å². The molecule has 0 radical (unpaired) electrons. The van der Waals surface area contributed by atoms with Crippen LogP contribution in [0, 0.1) is 6.92 Å². The van der Waals surface area contributed by atoms with E-state index in [2.05, 4.69) is 31.1 Å².